The molecule has 0 radical (unpaired) electrons. The number of amides is 1. The van der Waals surface area contributed by atoms with Gasteiger partial charge in [0.1, 0.15) is 5.82 Å². The molecule has 1 heterocycles. The van der Waals surface area contributed by atoms with Gasteiger partial charge in [-0.3, -0.25) is 9.59 Å². The van der Waals surface area contributed by atoms with Crippen LogP contribution >= 0.6 is 31.9 Å². The largest absolute Gasteiger partial charge is 0.493 e. The van der Waals surface area contributed by atoms with E-state index in [0.717, 1.165) is 35.7 Å². The number of aryl methyl sites for hydroxylation is 1. The van der Waals surface area contributed by atoms with Gasteiger partial charge < -0.3 is 14.8 Å². The van der Waals surface area contributed by atoms with Crippen LogP contribution in [0, 0.1) is 6.92 Å². The molecule has 0 aliphatic heterocycles. The van der Waals surface area contributed by atoms with Gasteiger partial charge in [-0.05, 0) is 78.2 Å². The summed E-state index contributed by atoms with van der Waals surface area (Å²) < 4.78 is 14.2. The lowest BCUT2D eigenvalue weighted by Gasteiger charge is -2.22. The molecule has 0 spiro atoms. The highest BCUT2D eigenvalue weighted by atomic mass is 79.9. The molecule has 212 valence electrons. The van der Waals surface area contributed by atoms with Crippen molar-refractivity contribution in [1.82, 2.24) is 9.66 Å². The summed E-state index contributed by atoms with van der Waals surface area (Å²) in [5, 5.41) is 7.95. The second-order valence-electron chi connectivity index (χ2n) is 10.1. The van der Waals surface area contributed by atoms with Gasteiger partial charge >= 0.3 is 0 Å². The number of nitrogens with one attached hydrogen (secondary N) is 1. The molecule has 4 aromatic rings. The SMILES string of the molecule is COc1cc(C=Nn2c(C3CCCCC3)nc3ccc(Br)cc3c2=O)c(Br)cc1OCC(=O)Nc1ccc(C)cc1. The highest BCUT2D eigenvalue weighted by molar-refractivity contribution is 9.10. The standard InChI is InChI=1S/C31H30Br2N4O4/c1-19-8-11-23(12-9-19)35-29(38)18-41-28-16-25(33)21(14-27(28)40-2)17-34-37-30(20-6-4-3-5-7-20)36-26-13-10-22(32)15-24(26)31(37)39/h8-17,20H,3-7,18H2,1-2H3,(H,35,38). The Morgan fingerprint density at radius 1 is 1.07 bits per heavy atom. The van der Waals surface area contributed by atoms with Gasteiger partial charge in [-0.25, -0.2) is 4.98 Å². The van der Waals surface area contributed by atoms with Gasteiger partial charge in [-0.15, -0.1) is 0 Å². The third kappa shape index (κ3) is 6.87. The van der Waals surface area contributed by atoms with Crippen molar-refractivity contribution in [3.63, 3.8) is 0 Å². The number of rotatable bonds is 8. The Balaban J connectivity index is 1.41. The van der Waals surface area contributed by atoms with Crippen LogP contribution in [0.15, 0.2) is 73.4 Å². The number of anilines is 1. The highest BCUT2D eigenvalue weighted by Gasteiger charge is 2.23. The number of aromatic nitrogens is 2. The average Bonchev–Trinajstić information content (AvgIpc) is 2.98. The van der Waals surface area contributed by atoms with Crippen LogP contribution in [0.25, 0.3) is 10.9 Å². The van der Waals surface area contributed by atoms with Crippen LogP contribution in [-0.2, 0) is 4.79 Å². The summed E-state index contributed by atoms with van der Waals surface area (Å²) >= 11 is 7.04. The predicted octanol–water partition coefficient (Wildman–Crippen LogP) is 7.19. The molecule has 10 heteroatoms. The van der Waals surface area contributed by atoms with Crippen molar-refractivity contribution in [2.24, 2.45) is 5.10 Å². The first-order valence-electron chi connectivity index (χ1n) is 13.5. The molecule has 1 aliphatic rings. The predicted molar refractivity (Wildman–Crippen MR) is 169 cm³/mol. The van der Waals surface area contributed by atoms with Gasteiger partial charge in [-0.2, -0.15) is 9.78 Å². The normalized spacial score (nSPS) is 14.0. The topological polar surface area (TPSA) is 94.8 Å². The lowest BCUT2D eigenvalue weighted by Crippen LogP contribution is -2.25. The Kier molecular flexibility index (Phi) is 9.19. The van der Waals surface area contributed by atoms with Gasteiger partial charge in [0, 0.05) is 26.1 Å². The van der Waals surface area contributed by atoms with Crippen molar-refractivity contribution in [3.05, 3.63) is 90.8 Å². The van der Waals surface area contributed by atoms with Gasteiger partial charge in [0.25, 0.3) is 11.5 Å². The van der Waals surface area contributed by atoms with Crippen LogP contribution in [0.3, 0.4) is 0 Å². The Morgan fingerprint density at radius 3 is 2.56 bits per heavy atom. The van der Waals surface area contributed by atoms with Crippen LogP contribution in [0.1, 0.15) is 55.0 Å². The van der Waals surface area contributed by atoms with Gasteiger partial charge in [0.05, 0.1) is 24.2 Å². The number of benzene rings is 3. The number of carbonyl (C=O) groups excluding carboxylic acids is 1. The molecule has 8 nitrogen and oxygen atoms in total. The Hall–Kier alpha value is -3.50. The van der Waals surface area contributed by atoms with Gasteiger partial charge in [0.2, 0.25) is 0 Å². The number of hydrogen-bond donors (Lipinski definition) is 1. The molecule has 1 aromatic heterocycles. The lowest BCUT2D eigenvalue weighted by molar-refractivity contribution is -0.118. The zero-order valence-electron chi connectivity index (χ0n) is 22.8. The minimum Gasteiger partial charge on any atom is -0.493 e. The third-order valence-electron chi connectivity index (χ3n) is 7.09. The fourth-order valence-electron chi connectivity index (χ4n) is 4.92. The minimum absolute atomic E-state index is 0.168. The molecule has 3 aromatic carbocycles. The monoisotopic (exact) mass is 680 g/mol. The summed E-state index contributed by atoms with van der Waals surface area (Å²) in [6, 6.07) is 16.5. The number of fused-ring (bicyclic) bond motifs is 1. The van der Waals surface area contributed by atoms with Crippen molar-refractivity contribution in [3.8, 4) is 11.5 Å². The van der Waals surface area contributed by atoms with E-state index in [1.54, 1.807) is 24.4 Å². The quantitative estimate of drug-likeness (QED) is 0.199. The van der Waals surface area contributed by atoms with Crippen LogP contribution in [0.5, 0.6) is 11.5 Å². The van der Waals surface area contributed by atoms with Crippen LogP contribution in [0.4, 0.5) is 5.69 Å². The minimum atomic E-state index is -0.289. The average molecular weight is 682 g/mol. The fraction of sp³-hybridized carbons (Fsp3) is 0.290. The second kappa shape index (κ2) is 13.0. The Bertz CT molecular complexity index is 1660. The molecular formula is C31H30Br2N4O4. The fourth-order valence-corrected chi connectivity index (χ4v) is 5.71. The first kappa shape index (κ1) is 29.0. The van der Waals surface area contributed by atoms with Gasteiger partial charge in [0.15, 0.2) is 18.1 Å². The maximum Gasteiger partial charge on any atom is 0.282 e. The van der Waals surface area contributed by atoms with E-state index in [1.165, 1.54) is 18.2 Å². The maximum absolute atomic E-state index is 13.6. The van der Waals surface area contributed by atoms with Crippen LogP contribution in [0.2, 0.25) is 0 Å². The van der Waals surface area contributed by atoms with E-state index in [9.17, 15) is 9.59 Å². The van der Waals surface area contributed by atoms with E-state index >= 15 is 0 Å². The van der Waals surface area contributed by atoms with Crippen LogP contribution in [-0.4, -0.2) is 35.5 Å². The molecule has 0 saturated heterocycles. The van der Waals surface area contributed by atoms with E-state index in [4.69, 9.17) is 14.5 Å². The zero-order chi connectivity index (χ0) is 28.9. The molecule has 0 bridgehead atoms. The molecule has 5 rings (SSSR count). The molecule has 0 atom stereocenters. The van der Waals surface area contributed by atoms with Crippen molar-refractivity contribution in [2.75, 3.05) is 19.0 Å². The molecule has 1 amide bonds. The third-order valence-corrected chi connectivity index (χ3v) is 8.27. The number of halogens is 2. The number of hydrogen-bond acceptors (Lipinski definition) is 6. The van der Waals surface area contributed by atoms with Crippen molar-refractivity contribution < 1.29 is 14.3 Å². The zero-order valence-corrected chi connectivity index (χ0v) is 26.0. The van der Waals surface area contributed by atoms with Crippen molar-refractivity contribution in [2.45, 2.75) is 44.9 Å². The molecule has 41 heavy (non-hydrogen) atoms. The van der Waals surface area contributed by atoms with Crippen LogP contribution < -0.4 is 20.3 Å². The summed E-state index contributed by atoms with van der Waals surface area (Å²) in [7, 11) is 1.53. The number of ether oxygens (including phenoxy) is 2. The second-order valence-corrected chi connectivity index (χ2v) is 11.8. The van der Waals surface area contributed by atoms with Crippen molar-refractivity contribution >= 4 is 60.6 Å². The molecule has 1 saturated carbocycles. The lowest BCUT2D eigenvalue weighted by atomic mass is 9.88. The Morgan fingerprint density at radius 2 is 1.83 bits per heavy atom. The first-order chi connectivity index (χ1) is 19.8. The molecule has 1 fully saturated rings. The summed E-state index contributed by atoms with van der Waals surface area (Å²) in [6.45, 7) is 1.79. The molecule has 1 N–H and O–H groups in total. The van der Waals surface area contributed by atoms with E-state index in [0.29, 0.717) is 43.9 Å². The number of methoxy groups -OCH3 is 1. The summed E-state index contributed by atoms with van der Waals surface area (Å²) in [5.74, 6) is 1.39. The first-order valence-corrected chi connectivity index (χ1v) is 15.0. The highest BCUT2D eigenvalue weighted by Crippen LogP contribution is 2.34. The van der Waals surface area contributed by atoms with E-state index in [-0.39, 0.29) is 24.0 Å². The maximum atomic E-state index is 13.6. The van der Waals surface area contributed by atoms with Gasteiger partial charge in [-0.1, -0.05) is 52.9 Å². The van der Waals surface area contributed by atoms with E-state index in [1.807, 2.05) is 43.3 Å². The summed E-state index contributed by atoms with van der Waals surface area (Å²) in [5.41, 5.74) is 2.94. The summed E-state index contributed by atoms with van der Waals surface area (Å²) in [6.07, 6.45) is 6.97. The summed E-state index contributed by atoms with van der Waals surface area (Å²) in [4.78, 5) is 30.9. The Labute approximate surface area is 255 Å². The smallest absolute Gasteiger partial charge is 0.282 e. The molecule has 1 aliphatic carbocycles. The number of carbonyl (C=O) groups is 1. The number of nitrogens with zero attached hydrogens (tertiary/aromatic N) is 3. The molecular weight excluding hydrogens is 652 g/mol. The van der Waals surface area contributed by atoms with E-state index < -0.39 is 0 Å². The molecule has 0 unspecified atom stereocenters. The van der Waals surface area contributed by atoms with Crippen molar-refractivity contribution in [1.29, 1.82) is 0 Å². The van der Waals surface area contributed by atoms with E-state index in [2.05, 4.69) is 42.3 Å².